The average molecular weight is 2050 g/mol. The first-order valence-electron chi connectivity index (χ1n) is 56.5. The normalized spacial score (nSPS) is 26.9. The molecular weight excluding hydrogens is 1880 g/mol. The Balaban J connectivity index is 0.000000156. The van der Waals surface area contributed by atoms with Gasteiger partial charge in [0.25, 0.3) is 0 Å². The van der Waals surface area contributed by atoms with Gasteiger partial charge in [-0.2, -0.15) is 0 Å². The molecular formula is C123H168O25. The van der Waals surface area contributed by atoms with E-state index >= 15 is 0 Å². The van der Waals surface area contributed by atoms with Gasteiger partial charge in [0, 0.05) is 0 Å². The number of ether oxygens (including phenoxy) is 8. The Morgan fingerprint density at radius 2 is 0.635 bits per heavy atom. The van der Waals surface area contributed by atoms with Gasteiger partial charge in [-0.25, -0.2) is 28.8 Å². The van der Waals surface area contributed by atoms with E-state index < -0.39 is 36.0 Å². The maximum absolute atomic E-state index is 13.8. The van der Waals surface area contributed by atoms with Gasteiger partial charge in [-0.1, -0.05) is 165 Å². The van der Waals surface area contributed by atoms with Crippen LogP contribution in [0.5, 0.6) is 28.7 Å². The number of aromatic hydroxyl groups is 1. The number of benzene rings is 6. The lowest BCUT2D eigenvalue weighted by Gasteiger charge is -2.55. The minimum absolute atomic E-state index is 0.0507. The number of rotatable bonds is 48. The molecule has 8 fully saturated rings. The number of unbranched alkanes of at least 4 members (excludes halogenated alkanes) is 8. The highest BCUT2D eigenvalue weighted by atomic mass is 16.6. The second kappa shape index (κ2) is 54.3. The van der Waals surface area contributed by atoms with Gasteiger partial charge in [-0.3, -0.25) is 9.59 Å². The number of phenols is 1. The number of esters is 4. The van der Waals surface area contributed by atoms with E-state index in [1.807, 2.05) is 93.6 Å². The predicted molar refractivity (Wildman–Crippen MR) is 563 cm³/mol. The first-order valence-corrected chi connectivity index (χ1v) is 56.5. The van der Waals surface area contributed by atoms with Gasteiger partial charge in [0.2, 0.25) is 0 Å². The molecule has 0 saturated heterocycles. The molecule has 6 aromatic carbocycles. The molecule has 6 aromatic rings. The van der Waals surface area contributed by atoms with Crippen molar-refractivity contribution in [2.24, 2.45) is 100 Å². The van der Waals surface area contributed by atoms with Crippen LogP contribution >= 0.6 is 0 Å². The number of aliphatic hydroxyl groups excluding tert-OH is 4. The van der Waals surface area contributed by atoms with E-state index in [9.17, 15) is 63.9 Å². The minimum Gasteiger partial charge on any atom is -0.508 e. The van der Waals surface area contributed by atoms with E-state index in [1.165, 1.54) is 47.6 Å². The van der Waals surface area contributed by atoms with E-state index in [0.717, 1.165) is 283 Å². The van der Waals surface area contributed by atoms with E-state index in [-0.39, 0.29) is 128 Å². The van der Waals surface area contributed by atoms with Crippen LogP contribution in [0.15, 0.2) is 115 Å². The molecule has 20 atom stereocenters. The Hall–Kier alpha value is -10.1. The molecule has 8 saturated carbocycles. The Kier molecular flexibility index (Phi) is 41.6. The number of fused-ring (bicyclic) bond motifs is 8. The highest BCUT2D eigenvalue weighted by molar-refractivity contribution is 5.90. The molecule has 0 aromatic heterocycles. The second-order valence-electron chi connectivity index (χ2n) is 46.2. The van der Waals surface area contributed by atoms with E-state index in [4.69, 9.17) is 58.3 Å². The molecule has 0 spiro atoms. The van der Waals surface area contributed by atoms with Gasteiger partial charge in [-0.05, 0) is 420 Å². The zero-order valence-corrected chi connectivity index (χ0v) is 88.9. The molecule has 148 heavy (non-hydrogen) atoms. The SMILES string of the molecule is CCCCC[C@@H](CC[C@@H]1[C@H]2Cc3cccc(OCC(=O)O)c3C[C@H]2C[C@H]1O)OC(=O)C(C)C.CCCCC[C@@H](CC[C@@H]1[C@H]2Cc3cccc(OCC(=O)O)c3C[C@H]2C[C@H]1O)OC(=O)C12CC3CC(CC(C3)C1)C2.CCCCC[C@@H](CC[C@@H]1[C@H]2Cc3cccc(OCC(=O)O)c3C[C@H]2C[C@H]1O)OC(=O)c1ccc(C)c(O)c1.CCCCC[C@@H](CC[C@@H]1[C@H]2Cc3cccc(OCC(=O)O)c3C[C@H]2C[C@H]1O)OC(=O)c1ccc(C)cc1. The van der Waals surface area contributed by atoms with E-state index in [0.29, 0.717) is 99.9 Å². The van der Waals surface area contributed by atoms with E-state index in [2.05, 4.69) is 52.0 Å². The number of aryl methyl sites for hydroxylation is 2. The summed E-state index contributed by atoms with van der Waals surface area (Å²) in [4.78, 5) is 95.7. The molecule has 12 aliphatic carbocycles. The van der Waals surface area contributed by atoms with Crippen molar-refractivity contribution in [2.45, 2.75) is 374 Å². The summed E-state index contributed by atoms with van der Waals surface area (Å²) in [6, 6.07) is 35.8. The summed E-state index contributed by atoms with van der Waals surface area (Å²) in [5, 5.41) is 90.3. The second-order valence-corrected chi connectivity index (χ2v) is 46.2. The molecule has 0 unspecified atom stereocenters. The summed E-state index contributed by atoms with van der Waals surface area (Å²) < 4.78 is 46.5. The Morgan fingerprint density at radius 3 is 0.926 bits per heavy atom. The fourth-order valence-corrected chi connectivity index (χ4v) is 28.2. The molecule has 0 radical (unpaired) electrons. The maximum Gasteiger partial charge on any atom is 0.341 e. The van der Waals surface area contributed by atoms with Crippen molar-refractivity contribution in [3.63, 3.8) is 0 Å². The molecule has 25 heteroatoms. The van der Waals surface area contributed by atoms with Crippen molar-refractivity contribution in [2.75, 3.05) is 26.4 Å². The topological polar surface area (TPSA) is 392 Å². The summed E-state index contributed by atoms with van der Waals surface area (Å²) in [6.07, 6.45) is 37.6. The quantitative estimate of drug-likeness (QED) is 0.00973. The van der Waals surface area contributed by atoms with Crippen LogP contribution < -0.4 is 18.9 Å². The molecule has 9 N–H and O–H groups in total. The molecule has 4 bridgehead atoms. The number of carbonyl (C=O) groups is 8. The van der Waals surface area contributed by atoms with Crippen molar-refractivity contribution in [3.8, 4) is 28.7 Å². The lowest BCUT2D eigenvalue weighted by Crippen LogP contribution is -2.51. The smallest absolute Gasteiger partial charge is 0.341 e. The lowest BCUT2D eigenvalue weighted by atomic mass is 9.49. The average Bonchev–Trinajstić information content (AvgIpc) is 1.45. The molecule has 810 valence electrons. The highest BCUT2D eigenvalue weighted by Gasteiger charge is 2.57. The summed E-state index contributed by atoms with van der Waals surface area (Å²) in [6.45, 7) is 14.8. The summed E-state index contributed by atoms with van der Waals surface area (Å²) in [7, 11) is 0. The molecule has 18 rings (SSSR count). The maximum atomic E-state index is 13.8. The monoisotopic (exact) mass is 2050 g/mol. The van der Waals surface area contributed by atoms with Crippen LogP contribution in [0.2, 0.25) is 0 Å². The fourth-order valence-electron chi connectivity index (χ4n) is 28.2. The summed E-state index contributed by atoms with van der Waals surface area (Å²) in [5.41, 5.74) is 11.6. The van der Waals surface area contributed by atoms with E-state index in [1.54, 1.807) is 19.1 Å². The molecule has 12 aliphatic rings. The minimum atomic E-state index is -0.999. The number of carbonyl (C=O) groups excluding carboxylic acids is 4. The van der Waals surface area contributed by atoms with Gasteiger partial charge in [-0.15, -0.1) is 0 Å². The van der Waals surface area contributed by atoms with Gasteiger partial charge in [0.05, 0.1) is 46.9 Å². The van der Waals surface area contributed by atoms with Gasteiger partial charge >= 0.3 is 47.8 Å². The molecule has 25 nitrogen and oxygen atoms in total. The lowest BCUT2D eigenvalue weighted by molar-refractivity contribution is -0.178. The van der Waals surface area contributed by atoms with Crippen LogP contribution in [-0.4, -0.2) is 169 Å². The Bertz CT molecular complexity index is 5330. The van der Waals surface area contributed by atoms with Crippen LogP contribution in [-0.2, 0) is 99.1 Å². The van der Waals surface area contributed by atoms with Gasteiger partial charge in [0.15, 0.2) is 26.4 Å². The van der Waals surface area contributed by atoms with Crippen LogP contribution in [0.1, 0.15) is 336 Å². The Labute approximate surface area is 876 Å². The first kappa shape index (κ1) is 114. The number of phenolic OH excluding ortho intramolecular Hbond substituents is 1. The predicted octanol–water partition coefficient (Wildman–Crippen LogP) is 22.4. The summed E-state index contributed by atoms with van der Waals surface area (Å²) >= 11 is 0. The van der Waals surface area contributed by atoms with Crippen molar-refractivity contribution in [1.29, 1.82) is 0 Å². The third-order valence-electron chi connectivity index (χ3n) is 35.4. The first-order chi connectivity index (χ1) is 71.2. The number of aliphatic hydroxyl groups is 4. The number of hydrogen-bond acceptors (Lipinski definition) is 21. The van der Waals surface area contributed by atoms with Crippen molar-refractivity contribution < 1.29 is 122 Å². The largest absolute Gasteiger partial charge is 0.508 e. The van der Waals surface area contributed by atoms with Crippen LogP contribution in [0.4, 0.5) is 0 Å². The Morgan fingerprint density at radius 1 is 0.345 bits per heavy atom. The zero-order valence-electron chi connectivity index (χ0n) is 88.9. The molecule has 0 aliphatic heterocycles. The fraction of sp³-hybridized carbons (Fsp3) is 0.642. The number of carboxylic acid groups (broad SMARTS) is 4. The molecule has 0 heterocycles. The van der Waals surface area contributed by atoms with Crippen molar-refractivity contribution >= 4 is 47.8 Å². The van der Waals surface area contributed by atoms with Crippen LogP contribution in [0.3, 0.4) is 0 Å². The van der Waals surface area contributed by atoms with Gasteiger partial charge in [0.1, 0.15) is 53.2 Å². The number of carboxylic acids is 4. The van der Waals surface area contributed by atoms with Gasteiger partial charge < -0.3 is 83.9 Å². The third kappa shape index (κ3) is 30.3. The zero-order chi connectivity index (χ0) is 105. The third-order valence-corrected chi connectivity index (χ3v) is 35.4. The van der Waals surface area contributed by atoms with Crippen molar-refractivity contribution in [1.82, 2.24) is 0 Å². The summed E-state index contributed by atoms with van der Waals surface area (Å²) in [5.74, 6) is 3.60. The van der Waals surface area contributed by atoms with Crippen LogP contribution in [0, 0.1) is 114 Å². The number of aliphatic carboxylic acids is 4. The standard InChI is InChI=1S/C34H48O6.C31H40O7.C31H40O6.C27H40O6/c1-2-3-4-7-26(40-33(38)34-17-21-11-22(18-34)13-23(12-21)19-34)9-10-27-28-14-24-6-5-8-31(39-20-32(36)37)29(24)15-25(28)16-30(27)35;1-3-4-5-8-23(38-31(36)21-11-10-19(2)27(32)16-21)12-13-24-25-14-20-7-6-9-29(37-18-30(34)35)26(20)15-22(25)17-28(24)33;1-3-4-5-8-24(37-31(35)21-12-10-20(2)11-13-21)14-15-25-26-16-22-7-6-9-29(36-19-30(33)34)27(22)17-23(26)18-28(25)32;1-4-5-6-9-20(33-27(31)17(2)3)11-12-21-22-13-18-8-7-10-25(32-16-26(29)30)23(18)14-19(22)15-24(21)28/h5-6,8,21-23,25-28,30,35H,2-4,7,9-20H2,1H3,(H,36,37);6-7,9-11,16,22-25,28,32-33H,3-5,8,12-15,17-18H2,1-2H3,(H,34,35);6-7,9-13,23-26,28,32H,3-5,8,14-19H2,1-2H3,(H,33,34);7-8,10,17,19-22,24,28H,4-6,9,11-16H2,1-3H3,(H,29,30)/t21?,22?,23?,25-,26-,27+,28-,30+,34?;22-,23-,24+,25-,28+;23-,24-,25+,26-,28+;19-,20-,21+,22-,24+/m0000/s1. The highest BCUT2D eigenvalue weighted by Crippen LogP contribution is 2.62. The van der Waals surface area contributed by atoms with Crippen molar-refractivity contribution in [3.05, 3.63) is 182 Å². The molecule has 0 amide bonds. The van der Waals surface area contributed by atoms with Crippen LogP contribution in [0.25, 0.3) is 0 Å². The number of hydrogen-bond donors (Lipinski definition) is 9.